The van der Waals surface area contributed by atoms with Crippen LogP contribution in [0, 0.1) is 0 Å². The van der Waals surface area contributed by atoms with E-state index in [1.165, 1.54) is 21.5 Å². The maximum absolute atomic E-state index is 6.77. The topological polar surface area (TPSA) is 13.1 Å². The Morgan fingerprint density at radius 2 is 0.957 bits per heavy atom. The molecule has 1 aromatic carbocycles. The van der Waals surface area contributed by atoms with Gasteiger partial charge in [0.25, 0.3) is 0 Å². The van der Waals surface area contributed by atoms with Gasteiger partial charge in [-0.25, -0.2) is 0 Å². The van der Waals surface area contributed by atoms with Gasteiger partial charge >= 0.3 is 0 Å². The fourth-order valence-electron chi connectivity index (χ4n) is 2.70. The van der Waals surface area contributed by atoms with Crippen molar-refractivity contribution in [2.75, 3.05) is 0 Å². The SMILES string of the molecule is CC(C)(C)[Si](C)(C)c1oc([Si](C)(C)C(C)(C)C)c2ccccc12. The summed E-state index contributed by atoms with van der Waals surface area (Å²) in [5.41, 5.74) is 0. The normalized spacial score (nSPS) is 14.5. The van der Waals surface area contributed by atoms with Gasteiger partial charge < -0.3 is 4.42 Å². The predicted molar refractivity (Wildman–Crippen MR) is 110 cm³/mol. The standard InChI is InChI=1S/C20H34OSi2/c1-19(2,3)22(7,8)17-15-13-11-12-14-16(15)18(21-17)23(9,10)20(4,5)6/h11-14H,1-10H3. The summed E-state index contributed by atoms with van der Waals surface area (Å²) in [6, 6.07) is 8.85. The van der Waals surface area contributed by atoms with Gasteiger partial charge in [0.05, 0.1) is 10.8 Å². The first kappa shape index (κ1) is 18.5. The van der Waals surface area contributed by atoms with Crippen molar-refractivity contribution in [1.29, 1.82) is 0 Å². The molecule has 1 heterocycles. The molecule has 3 heteroatoms. The van der Waals surface area contributed by atoms with E-state index in [0.29, 0.717) is 0 Å². The molecule has 0 fully saturated rings. The van der Waals surface area contributed by atoms with Gasteiger partial charge in [-0.05, 0) is 10.1 Å². The molecular formula is C20H34OSi2. The second-order valence-electron chi connectivity index (χ2n) is 10.1. The number of hydrogen-bond donors (Lipinski definition) is 0. The van der Waals surface area contributed by atoms with E-state index in [0.717, 1.165) is 0 Å². The third-order valence-electron chi connectivity index (χ3n) is 6.51. The number of furan rings is 1. The van der Waals surface area contributed by atoms with Gasteiger partial charge in [-0.15, -0.1) is 0 Å². The van der Waals surface area contributed by atoms with Gasteiger partial charge in [-0.3, -0.25) is 0 Å². The summed E-state index contributed by atoms with van der Waals surface area (Å²) in [6.07, 6.45) is 0. The Balaban J connectivity index is 2.83. The smallest absolute Gasteiger partial charge is 0.132 e. The van der Waals surface area contributed by atoms with E-state index in [1.807, 2.05) is 0 Å². The third kappa shape index (κ3) is 2.87. The maximum Gasteiger partial charge on any atom is 0.132 e. The molecule has 0 N–H and O–H groups in total. The summed E-state index contributed by atoms with van der Waals surface area (Å²) >= 11 is 0. The first-order valence-corrected chi connectivity index (χ1v) is 14.7. The molecule has 0 atom stereocenters. The molecule has 2 aromatic rings. The lowest BCUT2D eigenvalue weighted by Crippen LogP contribution is -2.52. The van der Waals surface area contributed by atoms with Crippen LogP contribution in [-0.2, 0) is 0 Å². The molecule has 0 saturated carbocycles. The van der Waals surface area contributed by atoms with Crippen molar-refractivity contribution in [1.82, 2.24) is 0 Å². The number of fused-ring (bicyclic) bond motifs is 1. The molecule has 0 aliphatic heterocycles. The van der Waals surface area contributed by atoms with Crippen molar-refractivity contribution < 1.29 is 4.42 Å². The van der Waals surface area contributed by atoms with Crippen molar-refractivity contribution >= 4 is 37.7 Å². The highest BCUT2D eigenvalue weighted by Crippen LogP contribution is 2.40. The van der Waals surface area contributed by atoms with E-state index in [4.69, 9.17) is 4.42 Å². The van der Waals surface area contributed by atoms with Crippen molar-refractivity contribution in [2.45, 2.75) is 77.8 Å². The summed E-state index contributed by atoms with van der Waals surface area (Å²) in [5.74, 6) is 0. The lowest BCUT2D eigenvalue weighted by molar-refractivity contribution is 0.608. The molecule has 0 aliphatic rings. The zero-order chi connectivity index (χ0) is 17.8. The molecule has 0 unspecified atom stereocenters. The molecule has 1 aromatic heterocycles. The first-order valence-electron chi connectivity index (χ1n) is 8.74. The summed E-state index contributed by atoms with van der Waals surface area (Å²) in [5, 5.41) is 5.86. The molecule has 1 nitrogen and oxygen atoms in total. The fourth-order valence-corrected chi connectivity index (χ4v) is 6.66. The molecule has 23 heavy (non-hydrogen) atoms. The summed E-state index contributed by atoms with van der Waals surface area (Å²) in [4.78, 5) is 0. The van der Waals surface area contributed by atoms with Crippen molar-refractivity contribution in [3.05, 3.63) is 24.3 Å². The van der Waals surface area contributed by atoms with Crippen LogP contribution in [0.25, 0.3) is 10.8 Å². The molecule has 0 radical (unpaired) electrons. The molecule has 0 spiro atoms. The fraction of sp³-hybridized carbons (Fsp3) is 0.600. The van der Waals surface area contributed by atoms with Crippen LogP contribution in [0.2, 0.25) is 36.3 Å². The Hall–Kier alpha value is -0.806. The van der Waals surface area contributed by atoms with Gasteiger partial charge in [-0.2, -0.15) is 0 Å². The van der Waals surface area contributed by atoms with Crippen molar-refractivity contribution in [3.8, 4) is 0 Å². The van der Waals surface area contributed by atoms with E-state index >= 15 is 0 Å². The molecule has 0 aliphatic carbocycles. The average molecular weight is 347 g/mol. The van der Waals surface area contributed by atoms with Gasteiger partial charge in [0.15, 0.2) is 0 Å². The first-order chi connectivity index (χ1) is 10.2. The van der Waals surface area contributed by atoms with Crippen LogP contribution >= 0.6 is 0 Å². The van der Waals surface area contributed by atoms with Gasteiger partial charge in [0, 0.05) is 10.8 Å². The number of rotatable bonds is 2. The van der Waals surface area contributed by atoms with Crippen LogP contribution in [0.5, 0.6) is 0 Å². The van der Waals surface area contributed by atoms with Crippen LogP contribution in [-0.4, -0.2) is 16.1 Å². The van der Waals surface area contributed by atoms with E-state index in [1.54, 1.807) is 0 Å². The van der Waals surface area contributed by atoms with E-state index < -0.39 is 16.1 Å². The van der Waals surface area contributed by atoms with E-state index in [9.17, 15) is 0 Å². The van der Waals surface area contributed by atoms with E-state index in [-0.39, 0.29) is 10.1 Å². The lowest BCUT2D eigenvalue weighted by Gasteiger charge is -2.36. The molecule has 0 saturated heterocycles. The Morgan fingerprint density at radius 1 is 0.652 bits per heavy atom. The van der Waals surface area contributed by atoms with Gasteiger partial charge in [0.1, 0.15) is 16.1 Å². The van der Waals surface area contributed by atoms with Crippen LogP contribution < -0.4 is 10.8 Å². The maximum atomic E-state index is 6.77. The average Bonchev–Trinajstić information content (AvgIpc) is 2.76. The number of benzene rings is 1. The van der Waals surface area contributed by atoms with Gasteiger partial charge in [-0.1, -0.05) is 92.0 Å². The monoisotopic (exact) mass is 346 g/mol. The molecule has 128 valence electrons. The Kier molecular flexibility index (Phi) is 4.31. The van der Waals surface area contributed by atoms with Crippen LogP contribution in [0.4, 0.5) is 0 Å². The van der Waals surface area contributed by atoms with Crippen molar-refractivity contribution in [2.24, 2.45) is 0 Å². The largest absolute Gasteiger partial charge is 0.475 e. The molecule has 0 amide bonds. The Bertz CT molecular complexity index is 649. The lowest BCUT2D eigenvalue weighted by atomic mass is 10.2. The van der Waals surface area contributed by atoms with Crippen molar-refractivity contribution in [3.63, 3.8) is 0 Å². The zero-order valence-electron chi connectivity index (χ0n) is 16.7. The van der Waals surface area contributed by atoms with Crippen LogP contribution in [0.1, 0.15) is 41.5 Å². The predicted octanol–water partition coefficient (Wildman–Crippen LogP) is 5.86. The summed E-state index contributed by atoms with van der Waals surface area (Å²) in [7, 11) is -3.41. The van der Waals surface area contributed by atoms with Gasteiger partial charge in [0.2, 0.25) is 0 Å². The summed E-state index contributed by atoms with van der Waals surface area (Å²) < 4.78 is 6.77. The highest BCUT2D eigenvalue weighted by Gasteiger charge is 2.45. The third-order valence-corrected chi connectivity index (χ3v) is 17.0. The second kappa shape index (κ2) is 5.35. The molecule has 2 rings (SSSR count). The number of hydrogen-bond acceptors (Lipinski definition) is 1. The minimum atomic E-state index is -1.71. The Morgan fingerprint density at radius 3 is 1.22 bits per heavy atom. The minimum absolute atomic E-state index is 0.276. The molecular weight excluding hydrogens is 312 g/mol. The highest BCUT2D eigenvalue weighted by atomic mass is 28.3. The summed E-state index contributed by atoms with van der Waals surface area (Å²) in [6.45, 7) is 24.0. The Labute approximate surface area is 144 Å². The zero-order valence-corrected chi connectivity index (χ0v) is 18.7. The highest BCUT2D eigenvalue weighted by molar-refractivity contribution is 6.95. The van der Waals surface area contributed by atoms with Crippen LogP contribution in [0.15, 0.2) is 28.7 Å². The molecule has 0 bridgehead atoms. The second-order valence-corrected chi connectivity index (χ2v) is 20.5. The quantitative estimate of drug-likeness (QED) is 0.620. The minimum Gasteiger partial charge on any atom is -0.475 e. The van der Waals surface area contributed by atoms with E-state index in [2.05, 4.69) is 92.0 Å². The van der Waals surface area contributed by atoms with Crippen LogP contribution in [0.3, 0.4) is 0 Å².